The first-order chi connectivity index (χ1) is 11.6. The molecule has 1 amide bonds. The Kier molecular flexibility index (Phi) is 5.43. The van der Waals surface area contributed by atoms with Crippen LogP contribution < -0.4 is 10.3 Å². The van der Waals surface area contributed by atoms with E-state index in [4.69, 9.17) is 11.6 Å². The van der Waals surface area contributed by atoms with Crippen LogP contribution in [0.25, 0.3) is 10.9 Å². The first-order valence-electron chi connectivity index (χ1n) is 8.35. The van der Waals surface area contributed by atoms with Crippen LogP contribution in [0.5, 0.6) is 0 Å². The third kappa shape index (κ3) is 4.10. The van der Waals surface area contributed by atoms with Gasteiger partial charge in [0.15, 0.2) is 6.54 Å². The number of quaternary nitrogens is 1. The van der Waals surface area contributed by atoms with Crippen molar-refractivity contribution in [1.29, 1.82) is 0 Å². The van der Waals surface area contributed by atoms with Crippen molar-refractivity contribution in [3.05, 3.63) is 40.5 Å². The molecule has 1 aromatic heterocycles. The third-order valence-electron chi connectivity index (χ3n) is 4.39. The summed E-state index contributed by atoms with van der Waals surface area (Å²) in [6.45, 7) is 4.61. The third-order valence-corrected chi connectivity index (χ3v) is 4.69. The maximum atomic E-state index is 11.9. The zero-order valence-corrected chi connectivity index (χ0v) is 14.6. The number of pyridine rings is 1. The zero-order valence-electron chi connectivity index (χ0n) is 13.8. The second-order valence-corrected chi connectivity index (χ2v) is 6.65. The van der Waals surface area contributed by atoms with Crippen molar-refractivity contribution >= 4 is 34.6 Å². The van der Waals surface area contributed by atoms with E-state index in [0.717, 1.165) is 29.6 Å². The lowest BCUT2D eigenvalue weighted by molar-refractivity contribution is -0.896. The van der Waals surface area contributed by atoms with Gasteiger partial charge >= 0.3 is 0 Å². The van der Waals surface area contributed by atoms with E-state index in [1.54, 1.807) is 6.21 Å². The summed E-state index contributed by atoms with van der Waals surface area (Å²) in [4.78, 5) is 17.7. The molecule has 5 nitrogen and oxygen atoms in total. The van der Waals surface area contributed by atoms with Crippen LogP contribution >= 0.6 is 11.6 Å². The number of hydrogen-bond acceptors (Lipinski definition) is 3. The summed E-state index contributed by atoms with van der Waals surface area (Å²) in [6.07, 6.45) is 5.23. The molecule has 126 valence electrons. The highest BCUT2D eigenvalue weighted by Gasteiger charge is 2.16. The van der Waals surface area contributed by atoms with Crippen LogP contribution in [0, 0.1) is 6.92 Å². The van der Waals surface area contributed by atoms with Crippen molar-refractivity contribution in [3.63, 3.8) is 0 Å². The molecular weight excluding hydrogens is 324 g/mol. The number of fused-ring (bicyclic) bond motifs is 1. The van der Waals surface area contributed by atoms with E-state index in [1.807, 2.05) is 31.2 Å². The quantitative estimate of drug-likeness (QED) is 0.503. The number of carbonyl (C=O) groups is 1. The van der Waals surface area contributed by atoms with E-state index in [9.17, 15) is 4.79 Å². The number of hydrazone groups is 1. The van der Waals surface area contributed by atoms with Gasteiger partial charge in [-0.2, -0.15) is 5.10 Å². The highest BCUT2D eigenvalue weighted by Crippen LogP contribution is 2.21. The van der Waals surface area contributed by atoms with E-state index >= 15 is 0 Å². The molecule has 2 heterocycles. The molecule has 0 atom stereocenters. The number of rotatable bonds is 4. The summed E-state index contributed by atoms with van der Waals surface area (Å²) < 4.78 is 0. The van der Waals surface area contributed by atoms with E-state index < -0.39 is 0 Å². The van der Waals surface area contributed by atoms with Crippen molar-refractivity contribution in [3.8, 4) is 0 Å². The number of piperidine rings is 1. The molecule has 3 rings (SSSR count). The second-order valence-electron chi connectivity index (χ2n) is 6.30. The molecule has 0 bridgehead atoms. The average molecular weight is 346 g/mol. The van der Waals surface area contributed by atoms with Crippen molar-refractivity contribution in [2.75, 3.05) is 19.6 Å². The first kappa shape index (κ1) is 16.9. The molecule has 1 aliphatic rings. The highest BCUT2D eigenvalue weighted by atomic mass is 35.5. The standard InChI is InChI=1S/C18H21ClN4O/c1-13-6-5-7-14-10-15(18(19)21-17(13)14)11-20-22-16(24)12-23-8-3-2-4-9-23/h5-7,10-11H,2-4,8-9,12H2,1H3,(H,22,24)/p+1/b20-11-. The lowest BCUT2D eigenvalue weighted by Gasteiger charge is -2.22. The lowest BCUT2D eigenvalue weighted by Crippen LogP contribution is -3.13. The number of benzene rings is 1. The number of aryl methyl sites for hydroxylation is 1. The molecule has 24 heavy (non-hydrogen) atoms. The Bertz CT molecular complexity index is 769. The monoisotopic (exact) mass is 345 g/mol. The number of halogens is 1. The van der Waals surface area contributed by atoms with Gasteiger partial charge in [0.2, 0.25) is 0 Å². The van der Waals surface area contributed by atoms with E-state index in [1.165, 1.54) is 24.2 Å². The molecule has 0 saturated carbocycles. The number of nitrogens with one attached hydrogen (secondary N) is 2. The molecular formula is C18H22ClN4O+. The molecule has 2 N–H and O–H groups in total. The second kappa shape index (κ2) is 7.73. The maximum absolute atomic E-state index is 11.9. The fourth-order valence-corrected chi connectivity index (χ4v) is 3.29. The van der Waals surface area contributed by atoms with Crippen molar-refractivity contribution in [2.45, 2.75) is 26.2 Å². The van der Waals surface area contributed by atoms with Crippen LogP contribution in [-0.2, 0) is 4.79 Å². The first-order valence-corrected chi connectivity index (χ1v) is 8.72. The Morgan fingerprint density at radius 1 is 1.38 bits per heavy atom. The minimum atomic E-state index is -0.0659. The number of nitrogens with zero attached hydrogens (tertiary/aromatic N) is 2. The summed E-state index contributed by atoms with van der Waals surface area (Å²) in [5.41, 5.74) is 5.25. The van der Waals surface area contributed by atoms with Gasteiger partial charge in [0, 0.05) is 10.9 Å². The largest absolute Gasteiger partial charge is 0.327 e. The summed E-state index contributed by atoms with van der Waals surface area (Å²) in [7, 11) is 0. The molecule has 1 fully saturated rings. The average Bonchev–Trinajstić information content (AvgIpc) is 2.57. The fraction of sp³-hybridized carbons (Fsp3) is 0.389. The molecule has 1 aromatic carbocycles. The Morgan fingerprint density at radius 3 is 2.96 bits per heavy atom. The van der Waals surface area contributed by atoms with Crippen LogP contribution in [0.1, 0.15) is 30.4 Å². The molecule has 1 saturated heterocycles. The van der Waals surface area contributed by atoms with Crippen molar-refractivity contribution in [2.24, 2.45) is 5.10 Å². The number of aromatic nitrogens is 1. The molecule has 0 spiro atoms. The summed E-state index contributed by atoms with van der Waals surface area (Å²) >= 11 is 6.23. The minimum Gasteiger partial charge on any atom is -0.327 e. The Labute approximate surface area is 146 Å². The smallest absolute Gasteiger partial charge is 0.295 e. The van der Waals surface area contributed by atoms with E-state index in [-0.39, 0.29) is 5.91 Å². The lowest BCUT2D eigenvalue weighted by atomic mass is 10.1. The van der Waals surface area contributed by atoms with Gasteiger partial charge < -0.3 is 4.90 Å². The van der Waals surface area contributed by atoms with Gasteiger partial charge in [-0.1, -0.05) is 29.8 Å². The number of para-hydroxylation sites is 1. The van der Waals surface area contributed by atoms with Crippen LogP contribution in [0.4, 0.5) is 0 Å². The molecule has 6 heteroatoms. The normalized spacial score (nSPS) is 15.9. The van der Waals surface area contributed by atoms with Crippen LogP contribution in [0.2, 0.25) is 5.15 Å². The summed E-state index contributed by atoms with van der Waals surface area (Å²) in [5, 5.41) is 5.42. The Balaban J connectivity index is 1.64. The van der Waals surface area contributed by atoms with E-state index in [0.29, 0.717) is 17.3 Å². The summed E-state index contributed by atoms with van der Waals surface area (Å²) in [6, 6.07) is 7.91. The van der Waals surface area contributed by atoms with Crippen LogP contribution in [0.3, 0.4) is 0 Å². The molecule has 1 aliphatic heterocycles. The number of carbonyl (C=O) groups excluding carboxylic acids is 1. The topological polar surface area (TPSA) is 58.8 Å². The van der Waals surface area contributed by atoms with Gasteiger partial charge in [0.1, 0.15) is 5.15 Å². The van der Waals surface area contributed by atoms with Gasteiger partial charge in [-0.05, 0) is 37.8 Å². The van der Waals surface area contributed by atoms with Gasteiger partial charge in [0.25, 0.3) is 5.91 Å². The molecule has 0 radical (unpaired) electrons. The molecule has 0 unspecified atom stereocenters. The van der Waals surface area contributed by atoms with Crippen LogP contribution in [-0.4, -0.2) is 36.7 Å². The zero-order chi connectivity index (χ0) is 16.9. The van der Waals surface area contributed by atoms with Gasteiger partial charge in [-0.25, -0.2) is 10.4 Å². The fourth-order valence-electron chi connectivity index (χ4n) is 3.10. The molecule has 2 aromatic rings. The van der Waals surface area contributed by atoms with Crippen molar-refractivity contribution in [1.82, 2.24) is 10.4 Å². The number of hydrogen-bond donors (Lipinski definition) is 2. The number of likely N-dealkylation sites (tertiary alicyclic amines) is 1. The van der Waals surface area contributed by atoms with Gasteiger partial charge in [-0.3, -0.25) is 4.79 Å². The minimum absolute atomic E-state index is 0.0659. The van der Waals surface area contributed by atoms with Gasteiger partial charge in [0.05, 0.1) is 24.8 Å². The molecule has 0 aliphatic carbocycles. The predicted molar refractivity (Wildman–Crippen MR) is 96.6 cm³/mol. The van der Waals surface area contributed by atoms with E-state index in [2.05, 4.69) is 15.5 Å². The van der Waals surface area contributed by atoms with Crippen LogP contribution in [0.15, 0.2) is 29.4 Å². The van der Waals surface area contributed by atoms with Crippen molar-refractivity contribution < 1.29 is 9.69 Å². The predicted octanol–water partition coefficient (Wildman–Crippen LogP) is 1.72. The Hall–Kier alpha value is -1.98. The van der Waals surface area contributed by atoms with Gasteiger partial charge in [-0.15, -0.1) is 0 Å². The SMILES string of the molecule is Cc1cccc2cc(/C=N\NC(=O)C[NH+]3CCCCC3)c(Cl)nc12. The Morgan fingerprint density at radius 2 is 2.17 bits per heavy atom. The maximum Gasteiger partial charge on any atom is 0.295 e. The highest BCUT2D eigenvalue weighted by molar-refractivity contribution is 6.32. The summed E-state index contributed by atoms with van der Waals surface area (Å²) in [5.74, 6) is -0.0659. The number of amides is 1.